The van der Waals surface area contributed by atoms with Crippen LogP contribution >= 0.6 is 24.2 Å². The maximum atomic E-state index is 12.2. The minimum Gasteiger partial charge on any atom is -0.369 e. The minimum atomic E-state index is -0.372. The summed E-state index contributed by atoms with van der Waals surface area (Å²) in [5.41, 5.74) is 5.65. The Hall–Kier alpha value is 0.0300. The maximum absolute atomic E-state index is 12.2. The molecule has 0 aromatic rings. The summed E-state index contributed by atoms with van der Waals surface area (Å²) in [6.07, 6.45) is 2.85. The zero-order valence-electron chi connectivity index (χ0n) is 11.6. The van der Waals surface area contributed by atoms with Crippen molar-refractivity contribution in [1.29, 1.82) is 0 Å². The van der Waals surface area contributed by atoms with Crippen molar-refractivity contribution >= 4 is 30.1 Å². The standard InChI is InChI=1S/C12H24N2O2S.ClH/c1-9-7-14(8-12(2,3)16-9)11(15)10(13)5-6-17-4;/h9-10H,5-8,13H2,1-4H3;1H/t9?,10-;/m0./s1. The molecule has 0 spiro atoms. The molecule has 1 rings (SSSR count). The van der Waals surface area contributed by atoms with Crippen LogP contribution < -0.4 is 5.73 Å². The molecule has 1 aliphatic rings. The van der Waals surface area contributed by atoms with E-state index in [2.05, 4.69) is 0 Å². The van der Waals surface area contributed by atoms with Gasteiger partial charge in [-0.2, -0.15) is 11.8 Å². The summed E-state index contributed by atoms with van der Waals surface area (Å²) < 4.78 is 5.78. The van der Waals surface area contributed by atoms with Gasteiger partial charge in [-0.05, 0) is 39.2 Å². The summed E-state index contributed by atoms with van der Waals surface area (Å²) in [5.74, 6) is 0.984. The molecule has 0 aromatic heterocycles. The van der Waals surface area contributed by atoms with Crippen LogP contribution in [0.15, 0.2) is 0 Å². The number of rotatable bonds is 4. The van der Waals surface area contributed by atoms with Gasteiger partial charge < -0.3 is 15.4 Å². The summed E-state index contributed by atoms with van der Waals surface area (Å²) in [4.78, 5) is 14.0. The number of hydrogen-bond acceptors (Lipinski definition) is 4. The van der Waals surface area contributed by atoms with E-state index in [-0.39, 0.29) is 36.1 Å². The number of ether oxygens (including phenoxy) is 1. The molecule has 6 heteroatoms. The van der Waals surface area contributed by atoms with Crippen LogP contribution in [0.3, 0.4) is 0 Å². The fourth-order valence-electron chi connectivity index (χ4n) is 2.22. The molecule has 1 unspecified atom stereocenters. The predicted octanol–water partition coefficient (Wildman–Crippen LogP) is 1.51. The first-order chi connectivity index (χ1) is 7.85. The van der Waals surface area contributed by atoms with Gasteiger partial charge >= 0.3 is 0 Å². The molecule has 0 radical (unpaired) electrons. The van der Waals surface area contributed by atoms with Gasteiger partial charge in [0.1, 0.15) is 0 Å². The maximum Gasteiger partial charge on any atom is 0.239 e. The Bertz CT molecular complexity index is 277. The minimum absolute atomic E-state index is 0. The Morgan fingerprint density at radius 3 is 2.72 bits per heavy atom. The smallest absolute Gasteiger partial charge is 0.239 e. The Morgan fingerprint density at radius 1 is 1.61 bits per heavy atom. The topological polar surface area (TPSA) is 55.6 Å². The number of morpholine rings is 1. The van der Waals surface area contributed by atoms with E-state index >= 15 is 0 Å². The monoisotopic (exact) mass is 296 g/mol. The molecule has 4 nitrogen and oxygen atoms in total. The molecule has 0 aliphatic carbocycles. The number of halogens is 1. The van der Waals surface area contributed by atoms with Crippen LogP contribution in [-0.2, 0) is 9.53 Å². The lowest BCUT2D eigenvalue weighted by Crippen LogP contribution is -2.57. The highest BCUT2D eigenvalue weighted by Gasteiger charge is 2.35. The number of amides is 1. The van der Waals surface area contributed by atoms with Crippen LogP contribution in [0.1, 0.15) is 27.2 Å². The average Bonchev–Trinajstić information content (AvgIpc) is 2.21. The first-order valence-corrected chi connectivity index (χ1v) is 7.46. The van der Waals surface area contributed by atoms with Crippen molar-refractivity contribution in [1.82, 2.24) is 4.90 Å². The first kappa shape index (κ1) is 18.0. The lowest BCUT2D eigenvalue weighted by atomic mass is 10.0. The summed E-state index contributed by atoms with van der Waals surface area (Å²) in [7, 11) is 0. The van der Waals surface area contributed by atoms with Gasteiger partial charge in [0.25, 0.3) is 0 Å². The third-order valence-electron chi connectivity index (χ3n) is 2.83. The number of nitrogens with zero attached hydrogens (tertiary/aromatic N) is 1. The Morgan fingerprint density at radius 2 is 2.22 bits per heavy atom. The summed E-state index contributed by atoms with van der Waals surface area (Å²) in [5, 5.41) is 0. The lowest BCUT2D eigenvalue weighted by molar-refractivity contribution is -0.159. The van der Waals surface area contributed by atoms with Gasteiger partial charge in [-0.15, -0.1) is 12.4 Å². The highest BCUT2D eigenvalue weighted by molar-refractivity contribution is 7.98. The van der Waals surface area contributed by atoms with Crippen LogP contribution in [0.2, 0.25) is 0 Å². The molecule has 2 atom stereocenters. The number of hydrogen-bond donors (Lipinski definition) is 1. The molecule has 1 heterocycles. The fourth-order valence-corrected chi connectivity index (χ4v) is 2.71. The normalized spacial score (nSPS) is 24.3. The molecule has 18 heavy (non-hydrogen) atoms. The van der Waals surface area contributed by atoms with Crippen LogP contribution in [0, 0.1) is 0 Å². The molecular formula is C12H25ClN2O2S. The largest absolute Gasteiger partial charge is 0.369 e. The third-order valence-corrected chi connectivity index (χ3v) is 3.48. The number of carbonyl (C=O) groups is 1. The van der Waals surface area contributed by atoms with Gasteiger partial charge in [0.15, 0.2) is 0 Å². The molecule has 0 aromatic carbocycles. The molecule has 0 saturated carbocycles. The van der Waals surface area contributed by atoms with Gasteiger partial charge in [-0.25, -0.2) is 0 Å². The molecule has 108 valence electrons. The van der Waals surface area contributed by atoms with Crippen LogP contribution in [0.4, 0.5) is 0 Å². The number of nitrogens with two attached hydrogens (primary N) is 1. The van der Waals surface area contributed by atoms with E-state index in [1.54, 1.807) is 11.8 Å². The summed E-state index contributed by atoms with van der Waals surface area (Å²) in [6, 6.07) is -0.372. The van der Waals surface area contributed by atoms with Gasteiger partial charge in [-0.1, -0.05) is 0 Å². The van der Waals surface area contributed by atoms with Gasteiger partial charge in [0.05, 0.1) is 17.7 Å². The SMILES string of the molecule is CSCC[C@H](N)C(=O)N1CC(C)OC(C)(C)C1.Cl. The van der Waals surface area contributed by atoms with Crippen molar-refractivity contribution in [2.24, 2.45) is 5.73 Å². The molecule has 1 saturated heterocycles. The fraction of sp³-hybridized carbons (Fsp3) is 0.917. The van der Waals surface area contributed by atoms with Gasteiger partial charge in [0, 0.05) is 13.1 Å². The van der Waals surface area contributed by atoms with E-state index < -0.39 is 0 Å². The van der Waals surface area contributed by atoms with E-state index in [1.807, 2.05) is 31.9 Å². The highest BCUT2D eigenvalue weighted by Crippen LogP contribution is 2.21. The Labute approximate surface area is 120 Å². The summed E-state index contributed by atoms with van der Waals surface area (Å²) in [6.45, 7) is 7.29. The predicted molar refractivity (Wildman–Crippen MR) is 79.4 cm³/mol. The van der Waals surface area contributed by atoms with Crippen molar-refractivity contribution in [3.05, 3.63) is 0 Å². The van der Waals surface area contributed by atoms with Gasteiger partial charge in [-0.3, -0.25) is 4.79 Å². The Kier molecular flexibility index (Phi) is 7.59. The second kappa shape index (κ2) is 7.58. The van der Waals surface area contributed by atoms with E-state index in [0.717, 1.165) is 12.2 Å². The van der Waals surface area contributed by atoms with Crippen molar-refractivity contribution in [2.75, 3.05) is 25.1 Å². The molecule has 1 amide bonds. The van der Waals surface area contributed by atoms with E-state index in [4.69, 9.17) is 10.5 Å². The van der Waals surface area contributed by atoms with Gasteiger partial charge in [0.2, 0.25) is 5.91 Å². The second-order valence-corrected chi connectivity index (χ2v) is 6.28. The van der Waals surface area contributed by atoms with Crippen molar-refractivity contribution < 1.29 is 9.53 Å². The highest BCUT2D eigenvalue weighted by atomic mass is 35.5. The Balaban J connectivity index is 0.00000289. The zero-order chi connectivity index (χ0) is 13.1. The van der Waals surface area contributed by atoms with Crippen LogP contribution in [0.25, 0.3) is 0 Å². The zero-order valence-corrected chi connectivity index (χ0v) is 13.3. The third kappa shape index (κ3) is 5.34. The number of thioether (sulfide) groups is 1. The van der Waals surface area contributed by atoms with Crippen molar-refractivity contribution in [3.8, 4) is 0 Å². The average molecular weight is 297 g/mol. The molecule has 1 aliphatic heterocycles. The summed E-state index contributed by atoms with van der Waals surface area (Å²) >= 11 is 1.72. The molecule has 0 bridgehead atoms. The van der Waals surface area contributed by atoms with Crippen molar-refractivity contribution in [3.63, 3.8) is 0 Å². The molecule has 2 N–H and O–H groups in total. The quantitative estimate of drug-likeness (QED) is 0.854. The molecule has 1 fully saturated rings. The van der Waals surface area contributed by atoms with Crippen molar-refractivity contribution in [2.45, 2.75) is 44.9 Å². The lowest BCUT2D eigenvalue weighted by Gasteiger charge is -2.42. The van der Waals surface area contributed by atoms with E-state index in [1.165, 1.54) is 0 Å². The second-order valence-electron chi connectivity index (χ2n) is 5.29. The van der Waals surface area contributed by atoms with E-state index in [0.29, 0.717) is 13.1 Å². The van der Waals surface area contributed by atoms with E-state index in [9.17, 15) is 4.79 Å². The van der Waals surface area contributed by atoms with Crippen LogP contribution in [0.5, 0.6) is 0 Å². The first-order valence-electron chi connectivity index (χ1n) is 6.07. The molecular weight excluding hydrogens is 272 g/mol. The number of carbonyl (C=O) groups excluding carboxylic acids is 1. The van der Waals surface area contributed by atoms with Crippen LogP contribution in [-0.4, -0.2) is 53.7 Å².